The second kappa shape index (κ2) is 5.41. The molecule has 0 saturated heterocycles. The smallest absolute Gasteiger partial charge is 0.219 e. The van der Waals surface area contributed by atoms with Crippen LogP contribution in [0.1, 0.15) is 12.0 Å². The normalized spacial score (nSPS) is 17.6. The quantitative estimate of drug-likeness (QED) is 0.882. The first-order chi connectivity index (χ1) is 10.1. The lowest BCUT2D eigenvalue weighted by Gasteiger charge is -2.16. The van der Waals surface area contributed by atoms with Crippen molar-refractivity contribution < 1.29 is 4.39 Å². The van der Waals surface area contributed by atoms with Gasteiger partial charge in [0.05, 0.1) is 0 Å². The Labute approximate surface area is 121 Å². The molecule has 1 unspecified atom stereocenters. The highest BCUT2D eigenvalue weighted by Gasteiger charge is 2.15. The van der Waals surface area contributed by atoms with E-state index in [1.807, 2.05) is 12.1 Å². The molecule has 0 radical (unpaired) electrons. The van der Waals surface area contributed by atoms with E-state index in [0.29, 0.717) is 17.5 Å². The molecule has 3 rings (SSSR count). The summed E-state index contributed by atoms with van der Waals surface area (Å²) in [6, 6.07) is 4.96. The number of aliphatic imine (C=N–C) groups is 1. The Balaban J connectivity index is 1.97. The number of nitrogens with zero attached hydrogens (tertiary/aromatic N) is 3. The second-order valence-corrected chi connectivity index (χ2v) is 4.70. The minimum absolute atomic E-state index is 0.159. The first kappa shape index (κ1) is 13.4. The molecule has 0 amide bonds. The van der Waals surface area contributed by atoms with Crippen LogP contribution in [0.4, 0.5) is 10.3 Å². The molecular formula is C15H14FN5. The molecule has 6 heteroatoms. The zero-order valence-electron chi connectivity index (χ0n) is 11.2. The largest absolute Gasteiger partial charge is 0.368 e. The molecule has 1 aromatic heterocycles. The van der Waals surface area contributed by atoms with Gasteiger partial charge >= 0.3 is 0 Å². The molecule has 0 aliphatic carbocycles. The van der Waals surface area contributed by atoms with Crippen LogP contribution in [0.25, 0.3) is 16.7 Å². The van der Waals surface area contributed by atoms with Crippen LogP contribution in [0.15, 0.2) is 41.7 Å². The van der Waals surface area contributed by atoms with Gasteiger partial charge in [0.15, 0.2) is 0 Å². The number of nitrogens with two attached hydrogens (primary N) is 2. The summed E-state index contributed by atoms with van der Waals surface area (Å²) in [5.74, 6) is -0.199. The Morgan fingerprint density at radius 3 is 2.57 bits per heavy atom. The molecule has 1 atom stereocenters. The van der Waals surface area contributed by atoms with Gasteiger partial charge in [-0.1, -0.05) is 18.2 Å². The van der Waals surface area contributed by atoms with Crippen LogP contribution in [-0.2, 0) is 0 Å². The molecule has 0 saturated carbocycles. The maximum Gasteiger partial charge on any atom is 0.219 e. The van der Waals surface area contributed by atoms with Gasteiger partial charge in [0.2, 0.25) is 5.95 Å². The first-order valence-corrected chi connectivity index (χ1v) is 6.50. The standard InChI is InChI=1S/C15H14FN5/c16-13-6-9(12-2-1-5-19-14(12)17)3-4-11(13)10-7-20-15(18)21-8-10/h2-8,14H,1,17H2,(H2,18,20,21). The second-order valence-electron chi connectivity index (χ2n) is 4.70. The zero-order valence-corrected chi connectivity index (χ0v) is 11.2. The fourth-order valence-electron chi connectivity index (χ4n) is 2.25. The molecule has 4 N–H and O–H groups in total. The SMILES string of the molecule is Nc1ncc(-c2ccc(C3=CCC=NC3N)cc2F)cn1. The van der Waals surface area contributed by atoms with Crippen molar-refractivity contribution in [2.45, 2.75) is 12.6 Å². The third kappa shape index (κ3) is 2.66. The number of dihydropyridines is 1. The van der Waals surface area contributed by atoms with Gasteiger partial charge in [-0.25, -0.2) is 14.4 Å². The molecule has 1 aliphatic heterocycles. The average Bonchev–Trinajstić information content (AvgIpc) is 2.49. The van der Waals surface area contributed by atoms with Gasteiger partial charge in [-0.05, 0) is 17.2 Å². The molecule has 2 aromatic rings. The lowest BCUT2D eigenvalue weighted by molar-refractivity contribution is 0.630. The predicted octanol–water partition coefficient (Wildman–Crippen LogP) is 2.01. The van der Waals surface area contributed by atoms with Crippen LogP contribution in [0.5, 0.6) is 0 Å². The van der Waals surface area contributed by atoms with E-state index in [4.69, 9.17) is 11.5 Å². The maximum absolute atomic E-state index is 14.3. The predicted molar refractivity (Wildman–Crippen MR) is 80.9 cm³/mol. The summed E-state index contributed by atoms with van der Waals surface area (Å²) < 4.78 is 14.3. The summed E-state index contributed by atoms with van der Waals surface area (Å²) >= 11 is 0. The monoisotopic (exact) mass is 283 g/mol. The van der Waals surface area contributed by atoms with Crippen LogP contribution in [0.3, 0.4) is 0 Å². The number of hydrogen-bond donors (Lipinski definition) is 2. The minimum atomic E-state index is -0.441. The van der Waals surface area contributed by atoms with Gasteiger partial charge in [0, 0.05) is 36.2 Å². The van der Waals surface area contributed by atoms with Crippen molar-refractivity contribution in [2.75, 3.05) is 5.73 Å². The van der Waals surface area contributed by atoms with Crippen molar-refractivity contribution >= 4 is 17.7 Å². The highest BCUT2D eigenvalue weighted by atomic mass is 19.1. The Hall–Kier alpha value is -2.60. The van der Waals surface area contributed by atoms with Crippen LogP contribution in [0.2, 0.25) is 0 Å². The number of aromatic nitrogens is 2. The van der Waals surface area contributed by atoms with Crippen LogP contribution in [0, 0.1) is 5.82 Å². The third-order valence-corrected chi connectivity index (χ3v) is 3.31. The van der Waals surface area contributed by atoms with Crippen molar-refractivity contribution in [1.82, 2.24) is 9.97 Å². The molecule has 1 aliphatic rings. The van der Waals surface area contributed by atoms with Crippen molar-refractivity contribution in [3.8, 4) is 11.1 Å². The fraction of sp³-hybridized carbons (Fsp3) is 0.133. The van der Waals surface area contributed by atoms with E-state index < -0.39 is 6.17 Å². The number of rotatable bonds is 2. The molecule has 0 spiro atoms. The van der Waals surface area contributed by atoms with E-state index in [0.717, 1.165) is 11.1 Å². The fourth-order valence-corrected chi connectivity index (χ4v) is 2.25. The highest BCUT2D eigenvalue weighted by Crippen LogP contribution is 2.27. The van der Waals surface area contributed by atoms with Gasteiger partial charge in [-0.15, -0.1) is 0 Å². The molecule has 2 heterocycles. The average molecular weight is 283 g/mol. The summed E-state index contributed by atoms with van der Waals surface area (Å²) in [6.45, 7) is 0. The molecule has 0 fully saturated rings. The minimum Gasteiger partial charge on any atom is -0.368 e. The van der Waals surface area contributed by atoms with Gasteiger partial charge in [-0.3, -0.25) is 4.99 Å². The van der Waals surface area contributed by atoms with Crippen LogP contribution >= 0.6 is 0 Å². The maximum atomic E-state index is 14.3. The van der Waals surface area contributed by atoms with E-state index >= 15 is 0 Å². The lowest BCUT2D eigenvalue weighted by Crippen LogP contribution is -2.21. The summed E-state index contributed by atoms with van der Waals surface area (Å²) in [5.41, 5.74) is 13.9. The van der Waals surface area contributed by atoms with Gasteiger partial charge in [0.1, 0.15) is 12.0 Å². The highest BCUT2D eigenvalue weighted by molar-refractivity contribution is 5.78. The van der Waals surface area contributed by atoms with Crippen molar-refractivity contribution in [3.05, 3.63) is 48.0 Å². The number of halogens is 1. The van der Waals surface area contributed by atoms with Crippen LogP contribution < -0.4 is 11.5 Å². The molecule has 106 valence electrons. The van der Waals surface area contributed by atoms with E-state index in [-0.39, 0.29) is 11.8 Å². The summed E-state index contributed by atoms with van der Waals surface area (Å²) in [6.07, 6.45) is 6.97. The first-order valence-electron chi connectivity index (χ1n) is 6.50. The van der Waals surface area contributed by atoms with Crippen molar-refractivity contribution in [2.24, 2.45) is 10.7 Å². The van der Waals surface area contributed by atoms with E-state index in [1.165, 1.54) is 18.5 Å². The third-order valence-electron chi connectivity index (χ3n) is 3.31. The summed E-state index contributed by atoms with van der Waals surface area (Å²) in [5, 5.41) is 0. The van der Waals surface area contributed by atoms with Crippen molar-refractivity contribution in [3.63, 3.8) is 0 Å². The van der Waals surface area contributed by atoms with E-state index in [9.17, 15) is 4.39 Å². The van der Waals surface area contributed by atoms with E-state index in [2.05, 4.69) is 15.0 Å². The molecule has 5 nitrogen and oxygen atoms in total. The van der Waals surface area contributed by atoms with Gasteiger partial charge in [-0.2, -0.15) is 0 Å². The van der Waals surface area contributed by atoms with Crippen molar-refractivity contribution in [1.29, 1.82) is 0 Å². The molecule has 21 heavy (non-hydrogen) atoms. The molecular weight excluding hydrogens is 269 g/mol. The number of anilines is 1. The number of benzene rings is 1. The Kier molecular flexibility index (Phi) is 3.45. The molecule has 1 aromatic carbocycles. The Bertz CT molecular complexity index is 721. The number of nitrogen functional groups attached to an aromatic ring is 1. The van der Waals surface area contributed by atoms with Crippen LogP contribution in [-0.4, -0.2) is 22.3 Å². The summed E-state index contributed by atoms with van der Waals surface area (Å²) in [7, 11) is 0. The number of hydrogen-bond acceptors (Lipinski definition) is 5. The lowest BCUT2D eigenvalue weighted by atomic mass is 9.98. The number of allylic oxidation sites excluding steroid dienone is 1. The molecule has 0 bridgehead atoms. The Morgan fingerprint density at radius 1 is 1.14 bits per heavy atom. The zero-order chi connectivity index (χ0) is 14.8. The van der Waals surface area contributed by atoms with E-state index in [1.54, 1.807) is 12.3 Å². The summed E-state index contributed by atoms with van der Waals surface area (Å²) in [4.78, 5) is 11.9. The van der Waals surface area contributed by atoms with Gasteiger partial charge < -0.3 is 11.5 Å². The topological polar surface area (TPSA) is 90.2 Å². The van der Waals surface area contributed by atoms with Gasteiger partial charge in [0.25, 0.3) is 0 Å². The Morgan fingerprint density at radius 2 is 1.90 bits per heavy atom.